The summed E-state index contributed by atoms with van der Waals surface area (Å²) in [6.45, 7) is 5.27. The predicted octanol–water partition coefficient (Wildman–Crippen LogP) is 3.24. The molecule has 1 aromatic rings. The van der Waals surface area contributed by atoms with E-state index in [4.69, 9.17) is 26.8 Å². The van der Waals surface area contributed by atoms with E-state index in [2.05, 4.69) is 19.2 Å². The molecule has 6 heteroatoms. The van der Waals surface area contributed by atoms with Crippen molar-refractivity contribution in [2.75, 3.05) is 20.3 Å². The van der Waals surface area contributed by atoms with E-state index >= 15 is 0 Å². The van der Waals surface area contributed by atoms with Gasteiger partial charge in [0, 0.05) is 18.2 Å². The topological polar surface area (TPSA) is 73.6 Å². The largest absolute Gasteiger partial charge is 0.493 e. The maximum Gasteiger partial charge on any atom is 0.251 e. The van der Waals surface area contributed by atoms with Crippen molar-refractivity contribution in [3.63, 3.8) is 0 Å². The molecule has 1 aromatic carbocycles. The van der Waals surface area contributed by atoms with Crippen molar-refractivity contribution < 1.29 is 14.3 Å². The number of benzene rings is 1. The van der Waals surface area contributed by atoms with Crippen LogP contribution in [0.2, 0.25) is 5.02 Å². The Morgan fingerprint density at radius 2 is 2.12 bits per heavy atom. The molecule has 0 radical (unpaired) electrons. The molecule has 1 amide bonds. The Bertz CT molecular complexity index is 574. The van der Waals surface area contributed by atoms with Crippen LogP contribution in [0.3, 0.4) is 0 Å². The quantitative estimate of drug-likeness (QED) is 0.714. The SMILES string of the molecule is COc1cc(C(=O)NCC(N)C2CC2)cc(Cl)c1OCCC(C)C. The van der Waals surface area contributed by atoms with Crippen LogP contribution < -0.4 is 20.5 Å². The van der Waals surface area contributed by atoms with Gasteiger partial charge in [0.1, 0.15) is 0 Å². The highest BCUT2D eigenvalue weighted by Gasteiger charge is 2.28. The summed E-state index contributed by atoms with van der Waals surface area (Å²) >= 11 is 6.29. The lowest BCUT2D eigenvalue weighted by Gasteiger charge is -2.16. The van der Waals surface area contributed by atoms with E-state index in [0.717, 1.165) is 19.3 Å². The van der Waals surface area contributed by atoms with Gasteiger partial charge in [-0.25, -0.2) is 0 Å². The van der Waals surface area contributed by atoms with E-state index in [1.54, 1.807) is 12.1 Å². The summed E-state index contributed by atoms with van der Waals surface area (Å²) in [4.78, 5) is 12.3. The van der Waals surface area contributed by atoms with Gasteiger partial charge in [0.15, 0.2) is 11.5 Å². The summed E-state index contributed by atoms with van der Waals surface area (Å²) in [5.74, 6) is 1.81. The second-order valence-corrected chi connectivity index (χ2v) is 7.14. The Morgan fingerprint density at radius 1 is 1.42 bits per heavy atom. The summed E-state index contributed by atoms with van der Waals surface area (Å²) < 4.78 is 11.1. The van der Waals surface area contributed by atoms with Gasteiger partial charge in [0.2, 0.25) is 0 Å². The first-order valence-electron chi connectivity index (χ1n) is 8.46. The zero-order valence-corrected chi connectivity index (χ0v) is 15.4. The number of hydrogen-bond donors (Lipinski definition) is 2. The summed E-state index contributed by atoms with van der Waals surface area (Å²) in [5, 5.41) is 3.23. The number of nitrogens with two attached hydrogens (primary N) is 1. The lowest BCUT2D eigenvalue weighted by molar-refractivity contribution is 0.0950. The maximum absolute atomic E-state index is 12.3. The van der Waals surface area contributed by atoms with Crippen molar-refractivity contribution >= 4 is 17.5 Å². The van der Waals surface area contributed by atoms with Gasteiger partial charge < -0.3 is 20.5 Å². The number of nitrogens with one attached hydrogen (secondary N) is 1. The van der Waals surface area contributed by atoms with Gasteiger partial charge in [-0.1, -0.05) is 25.4 Å². The van der Waals surface area contributed by atoms with Gasteiger partial charge in [0.25, 0.3) is 5.91 Å². The van der Waals surface area contributed by atoms with Crippen molar-refractivity contribution in [3.8, 4) is 11.5 Å². The number of carbonyl (C=O) groups is 1. The summed E-state index contributed by atoms with van der Waals surface area (Å²) in [6.07, 6.45) is 3.22. The Labute approximate surface area is 148 Å². The molecule has 0 spiro atoms. The number of ether oxygens (including phenoxy) is 2. The fourth-order valence-electron chi connectivity index (χ4n) is 2.39. The molecule has 1 fully saturated rings. The fourth-order valence-corrected chi connectivity index (χ4v) is 2.66. The van der Waals surface area contributed by atoms with Crippen LogP contribution >= 0.6 is 11.6 Å². The lowest BCUT2D eigenvalue weighted by Crippen LogP contribution is -2.38. The minimum absolute atomic E-state index is 0.0185. The molecule has 0 saturated heterocycles. The Balaban J connectivity index is 2.02. The number of amides is 1. The van der Waals surface area contributed by atoms with Crippen LogP contribution in [0, 0.1) is 11.8 Å². The lowest BCUT2D eigenvalue weighted by atomic mass is 10.1. The number of halogens is 1. The third-order valence-corrected chi connectivity index (χ3v) is 4.44. The smallest absolute Gasteiger partial charge is 0.251 e. The molecule has 5 nitrogen and oxygen atoms in total. The average Bonchev–Trinajstić information content (AvgIpc) is 3.37. The van der Waals surface area contributed by atoms with Gasteiger partial charge in [-0.2, -0.15) is 0 Å². The Hall–Kier alpha value is -1.46. The summed E-state index contributed by atoms with van der Waals surface area (Å²) in [7, 11) is 1.53. The van der Waals surface area contributed by atoms with Gasteiger partial charge in [-0.05, 0) is 43.2 Å². The molecule has 0 aliphatic heterocycles. The number of methoxy groups -OCH3 is 1. The zero-order valence-electron chi connectivity index (χ0n) is 14.6. The maximum atomic E-state index is 12.3. The van der Waals surface area contributed by atoms with Crippen LogP contribution in [0.4, 0.5) is 0 Å². The minimum atomic E-state index is -0.208. The minimum Gasteiger partial charge on any atom is -0.493 e. The van der Waals surface area contributed by atoms with E-state index in [0.29, 0.717) is 47.1 Å². The molecule has 0 heterocycles. The standard InChI is InChI=1S/C18H27ClN2O3/c1-11(2)6-7-24-17-14(19)8-13(9-16(17)23-3)18(22)21-10-15(20)12-4-5-12/h8-9,11-12,15H,4-7,10,20H2,1-3H3,(H,21,22). The van der Waals surface area contributed by atoms with E-state index in [1.165, 1.54) is 7.11 Å². The van der Waals surface area contributed by atoms with E-state index in [1.807, 2.05) is 0 Å². The molecule has 2 rings (SSSR count). The van der Waals surface area contributed by atoms with Crippen molar-refractivity contribution in [3.05, 3.63) is 22.7 Å². The van der Waals surface area contributed by atoms with Crippen molar-refractivity contribution in [1.29, 1.82) is 0 Å². The van der Waals surface area contributed by atoms with Crippen LogP contribution in [0.15, 0.2) is 12.1 Å². The summed E-state index contributed by atoms with van der Waals surface area (Å²) in [5.41, 5.74) is 6.45. The van der Waals surface area contributed by atoms with Crippen molar-refractivity contribution in [1.82, 2.24) is 5.32 Å². The predicted molar refractivity (Wildman–Crippen MR) is 96.0 cm³/mol. The third kappa shape index (κ3) is 5.28. The average molecular weight is 355 g/mol. The van der Waals surface area contributed by atoms with Crippen molar-refractivity contribution in [2.45, 2.75) is 39.2 Å². The molecular formula is C18H27ClN2O3. The van der Waals surface area contributed by atoms with Crippen molar-refractivity contribution in [2.24, 2.45) is 17.6 Å². The zero-order chi connectivity index (χ0) is 17.7. The van der Waals surface area contributed by atoms with Gasteiger partial charge in [-0.3, -0.25) is 4.79 Å². The first-order valence-corrected chi connectivity index (χ1v) is 8.84. The molecule has 1 atom stereocenters. The third-order valence-electron chi connectivity index (χ3n) is 4.16. The number of rotatable bonds is 9. The van der Waals surface area contributed by atoms with Gasteiger partial charge in [-0.15, -0.1) is 0 Å². The van der Waals surface area contributed by atoms with Crippen LogP contribution in [0.1, 0.15) is 43.5 Å². The highest BCUT2D eigenvalue weighted by Crippen LogP contribution is 2.36. The molecule has 1 unspecified atom stereocenters. The Morgan fingerprint density at radius 3 is 2.71 bits per heavy atom. The van der Waals surface area contributed by atoms with Gasteiger partial charge >= 0.3 is 0 Å². The number of carbonyl (C=O) groups excluding carboxylic acids is 1. The second kappa shape index (κ2) is 8.58. The van der Waals surface area contributed by atoms with Gasteiger partial charge in [0.05, 0.1) is 18.7 Å². The molecule has 3 N–H and O–H groups in total. The molecule has 1 saturated carbocycles. The molecule has 1 aliphatic rings. The van der Waals surface area contributed by atoms with Crippen LogP contribution in [-0.4, -0.2) is 32.2 Å². The molecule has 134 valence electrons. The monoisotopic (exact) mass is 354 g/mol. The van der Waals surface area contributed by atoms with Crippen LogP contribution in [-0.2, 0) is 0 Å². The Kier molecular flexibility index (Phi) is 6.75. The normalized spacial score (nSPS) is 15.2. The molecule has 0 bridgehead atoms. The highest BCUT2D eigenvalue weighted by molar-refractivity contribution is 6.32. The first kappa shape index (κ1) is 18.9. The van der Waals surface area contributed by atoms with Crippen LogP contribution in [0.5, 0.6) is 11.5 Å². The fraction of sp³-hybridized carbons (Fsp3) is 0.611. The van der Waals surface area contributed by atoms with Crippen LogP contribution in [0.25, 0.3) is 0 Å². The number of hydrogen-bond acceptors (Lipinski definition) is 4. The molecular weight excluding hydrogens is 328 g/mol. The first-order chi connectivity index (χ1) is 11.4. The second-order valence-electron chi connectivity index (χ2n) is 6.73. The summed E-state index contributed by atoms with van der Waals surface area (Å²) in [6, 6.07) is 3.27. The molecule has 0 aromatic heterocycles. The van der Waals surface area contributed by atoms with E-state index in [-0.39, 0.29) is 11.9 Å². The van der Waals surface area contributed by atoms with E-state index < -0.39 is 0 Å². The molecule has 1 aliphatic carbocycles. The molecule has 24 heavy (non-hydrogen) atoms. The highest BCUT2D eigenvalue weighted by atomic mass is 35.5. The van der Waals surface area contributed by atoms with E-state index in [9.17, 15) is 4.79 Å².